The second-order valence-corrected chi connectivity index (χ2v) is 6.05. The van der Waals surface area contributed by atoms with Crippen molar-refractivity contribution in [3.8, 4) is 0 Å². The first-order valence-corrected chi connectivity index (χ1v) is 7.32. The molecule has 84 valence electrons. The molecular weight excluding hydrogens is 199 g/mol. The second-order valence-electron chi connectivity index (χ2n) is 3.78. The van der Waals surface area contributed by atoms with Gasteiger partial charge in [-0.2, -0.15) is 0 Å². The minimum Gasteiger partial charge on any atom is -0.305 e. The van der Waals surface area contributed by atoms with E-state index in [1.807, 2.05) is 6.92 Å². The van der Waals surface area contributed by atoms with Crippen LogP contribution in [0.2, 0.25) is 0 Å². The maximum Gasteiger partial charge on any atom is 0.330 e. The van der Waals surface area contributed by atoms with Crippen LogP contribution in [-0.2, 0) is 13.6 Å². The first kappa shape index (κ1) is 12.2. The fourth-order valence-electron chi connectivity index (χ4n) is 1.66. The Hall–Kier alpha value is 0.150. The standard InChI is InChI=1S/C10H21O3P/c1-4-9-7-8-10(5-2)13-14(11,6-3)12-9/h9-10H,4-8H2,1-3H3/t9-,10-/m1/s1. The summed E-state index contributed by atoms with van der Waals surface area (Å²) in [6, 6.07) is 0. The monoisotopic (exact) mass is 220 g/mol. The third kappa shape index (κ3) is 3.08. The molecule has 0 bridgehead atoms. The first-order valence-electron chi connectivity index (χ1n) is 5.59. The van der Waals surface area contributed by atoms with Gasteiger partial charge in [-0.1, -0.05) is 20.8 Å². The molecule has 0 amide bonds. The zero-order chi connectivity index (χ0) is 10.6. The quantitative estimate of drug-likeness (QED) is 0.682. The highest BCUT2D eigenvalue weighted by atomic mass is 31.2. The van der Waals surface area contributed by atoms with E-state index in [1.54, 1.807) is 0 Å². The molecule has 1 rings (SSSR count). The van der Waals surface area contributed by atoms with Gasteiger partial charge in [0.05, 0.1) is 12.2 Å². The van der Waals surface area contributed by atoms with Crippen molar-refractivity contribution >= 4 is 7.60 Å². The van der Waals surface area contributed by atoms with Crippen molar-refractivity contribution in [2.24, 2.45) is 0 Å². The van der Waals surface area contributed by atoms with Gasteiger partial charge in [-0.25, -0.2) is 0 Å². The Morgan fingerprint density at radius 3 is 1.79 bits per heavy atom. The van der Waals surface area contributed by atoms with Gasteiger partial charge in [0, 0.05) is 6.16 Å². The minimum absolute atomic E-state index is 0.123. The normalized spacial score (nSPS) is 32.5. The average Bonchev–Trinajstić information content (AvgIpc) is 2.38. The Bertz CT molecular complexity index is 199. The predicted octanol–water partition coefficient (Wildman–Crippen LogP) is 3.58. The predicted molar refractivity (Wildman–Crippen MR) is 57.7 cm³/mol. The maximum absolute atomic E-state index is 12.1. The summed E-state index contributed by atoms with van der Waals surface area (Å²) >= 11 is 0. The highest BCUT2D eigenvalue weighted by Gasteiger charge is 2.32. The van der Waals surface area contributed by atoms with Gasteiger partial charge >= 0.3 is 7.60 Å². The summed E-state index contributed by atoms with van der Waals surface area (Å²) in [4.78, 5) is 0. The molecule has 0 aromatic carbocycles. The lowest BCUT2D eigenvalue weighted by Crippen LogP contribution is -2.08. The number of rotatable bonds is 3. The van der Waals surface area contributed by atoms with Crippen LogP contribution in [-0.4, -0.2) is 18.4 Å². The Morgan fingerprint density at radius 2 is 1.50 bits per heavy atom. The molecule has 1 fully saturated rings. The van der Waals surface area contributed by atoms with Crippen LogP contribution in [0.5, 0.6) is 0 Å². The molecule has 0 spiro atoms. The summed E-state index contributed by atoms with van der Waals surface area (Å²) in [5, 5.41) is 0. The van der Waals surface area contributed by atoms with Crippen molar-refractivity contribution in [3.05, 3.63) is 0 Å². The molecule has 1 heterocycles. The summed E-state index contributed by atoms with van der Waals surface area (Å²) in [6.45, 7) is 6.00. The smallest absolute Gasteiger partial charge is 0.305 e. The van der Waals surface area contributed by atoms with Crippen LogP contribution in [0.1, 0.15) is 46.5 Å². The number of hydrogen-bond acceptors (Lipinski definition) is 3. The molecule has 1 saturated heterocycles. The van der Waals surface area contributed by atoms with Gasteiger partial charge in [0.2, 0.25) is 0 Å². The summed E-state index contributed by atoms with van der Waals surface area (Å²) < 4.78 is 23.2. The van der Waals surface area contributed by atoms with Gasteiger partial charge in [-0.15, -0.1) is 0 Å². The zero-order valence-electron chi connectivity index (χ0n) is 9.36. The Kier molecular flexibility index (Phi) is 4.62. The second kappa shape index (κ2) is 5.29. The lowest BCUT2D eigenvalue weighted by Gasteiger charge is -2.20. The Labute approximate surface area is 86.7 Å². The molecule has 0 N–H and O–H groups in total. The Morgan fingerprint density at radius 1 is 1.07 bits per heavy atom. The average molecular weight is 220 g/mol. The van der Waals surface area contributed by atoms with E-state index in [-0.39, 0.29) is 12.2 Å². The fraction of sp³-hybridized carbons (Fsp3) is 1.00. The van der Waals surface area contributed by atoms with Crippen LogP contribution in [0.3, 0.4) is 0 Å². The zero-order valence-corrected chi connectivity index (χ0v) is 10.3. The van der Waals surface area contributed by atoms with Gasteiger partial charge in [0.15, 0.2) is 0 Å². The van der Waals surface area contributed by atoms with Crippen LogP contribution in [0.25, 0.3) is 0 Å². The summed E-state index contributed by atoms with van der Waals surface area (Å²) in [5.74, 6) is 0. The van der Waals surface area contributed by atoms with E-state index < -0.39 is 7.60 Å². The molecular formula is C10H21O3P. The van der Waals surface area contributed by atoms with Crippen molar-refractivity contribution in [3.63, 3.8) is 0 Å². The van der Waals surface area contributed by atoms with Crippen LogP contribution in [0.4, 0.5) is 0 Å². The molecule has 2 atom stereocenters. The molecule has 0 unspecified atom stereocenters. The fourth-order valence-corrected chi connectivity index (χ4v) is 3.43. The van der Waals surface area contributed by atoms with E-state index in [2.05, 4.69) is 13.8 Å². The largest absolute Gasteiger partial charge is 0.330 e. The lowest BCUT2D eigenvalue weighted by atomic mass is 10.1. The third-order valence-electron chi connectivity index (χ3n) is 2.73. The van der Waals surface area contributed by atoms with E-state index in [0.717, 1.165) is 25.7 Å². The highest BCUT2D eigenvalue weighted by Crippen LogP contribution is 2.53. The van der Waals surface area contributed by atoms with E-state index in [0.29, 0.717) is 6.16 Å². The molecule has 4 heteroatoms. The van der Waals surface area contributed by atoms with E-state index in [4.69, 9.17) is 9.05 Å². The minimum atomic E-state index is -2.78. The van der Waals surface area contributed by atoms with Gasteiger partial charge in [-0.3, -0.25) is 4.57 Å². The van der Waals surface area contributed by atoms with Crippen molar-refractivity contribution in [2.75, 3.05) is 6.16 Å². The lowest BCUT2D eigenvalue weighted by molar-refractivity contribution is 0.149. The molecule has 0 aliphatic carbocycles. The molecule has 1 aliphatic rings. The first-order chi connectivity index (χ1) is 6.63. The van der Waals surface area contributed by atoms with Crippen molar-refractivity contribution in [1.82, 2.24) is 0 Å². The van der Waals surface area contributed by atoms with Crippen LogP contribution < -0.4 is 0 Å². The van der Waals surface area contributed by atoms with E-state index in [1.165, 1.54) is 0 Å². The van der Waals surface area contributed by atoms with Gasteiger partial charge in [0.25, 0.3) is 0 Å². The number of hydrogen-bond donors (Lipinski definition) is 0. The van der Waals surface area contributed by atoms with Gasteiger partial charge in [0.1, 0.15) is 0 Å². The molecule has 14 heavy (non-hydrogen) atoms. The maximum atomic E-state index is 12.1. The third-order valence-corrected chi connectivity index (χ3v) is 4.74. The molecule has 0 radical (unpaired) electrons. The molecule has 0 aromatic rings. The molecule has 0 aromatic heterocycles. The highest BCUT2D eigenvalue weighted by molar-refractivity contribution is 7.53. The molecule has 0 saturated carbocycles. The van der Waals surface area contributed by atoms with Crippen molar-refractivity contribution in [1.29, 1.82) is 0 Å². The summed E-state index contributed by atoms with van der Waals surface area (Å²) in [7, 11) is -2.78. The SMILES string of the molecule is CC[C@@H]1CC[C@@H](CC)OP(=O)(CC)O1. The van der Waals surface area contributed by atoms with Crippen LogP contribution in [0.15, 0.2) is 0 Å². The molecule has 3 nitrogen and oxygen atoms in total. The topological polar surface area (TPSA) is 35.5 Å². The van der Waals surface area contributed by atoms with E-state index in [9.17, 15) is 4.57 Å². The van der Waals surface area contributed by atoms with Gasteiger partial charge < -0.3 is 9.05 Å². The Balaban J connectivity index is 2.70. The van der Waals surface area contributed by atoms with Gasteiger partial charge in [-0.05, 0) is 25.7 Å². The van der Waals surface area contributed by atoms with Crippen molar-refractivity contribution in [2.45, 2.75) is 58.7 Å². The molecule has 1 aliphatic heterocycles. The van der Waals surface area contributed by atoms with Crippen LogP contribution >= 0.6 is 7.60 Å². The van der Waals surface area contributed by atoms with Crippen molar-refractivity contribution < 1.29 is 13.6 Å². The van der Waals surface area contributed by atoms with E-state index >= 15 is 0 Å². The van der Waals surface area contributed by atoms with Crippen LogP contribution in [0, 0.1) is 0 Å². The summed E-state index contributed by atoms with van der Waals surface area (Å²) in [6.07, 6.45) is 4.51. The summed E-state index contributed by atoms with van der Waals surface area (Å²) in [5.41, 5.74) is 0.